The molecule has 4 heterocycles. The van der Waals surface area contributed by atoms with E-state index in [0.717, 1.165) is 6.42 Å². The molecule has 0 saturated carbocycles. The third kappa shape index (κ3) is 3.32. The molecule has 1 amide bonds. The van der Waals surface area contributed by atoms with E-state index in [1.165, 1.54) is 9.58 Å². The van der Waals surface area contributed by atoms with E-state index in [9.17, 15) is 18.0 Å². The Labute approximate surface area is 193 Å². The molecule has 7 nitrogen and oxygen atoms in total. The molecule has 3 aromatic rings. The van der Waals surface area contributed by atoms with Crippen LogP contribution in [0, 0.1) is 0 Å². The Morgan fingerprint density at radius 3 is 2.79 bits per heavy atom. The average molecular weight is 470 g/mol. The van der Waals surface area contributed by atoms with Gasteiger partial charge >= 0.3 is 6.18 Å². The Kier molecular flexibility index (Phi) is 4.63. The first kappa shape index (κ1) is 21.0. The SMILES string of the molecule is CN(C(=O)c1cccc(-n2nc(C(F)(F)F)c3c2C[C@@H]2CC[C@H]3N2)c1)c1ccc2c(c1)OCO2. The number of carbonyl (C=O) groups is 1. The Balaban J connectivity index is 1.37. The zero-order chi connectivity index (χ0) is 23.6. The maximum absolute atomic E-state index is 13.8. The highest BCUT2D eigenvalue weighted by molar-refractivity contribution is 6.06. The molecule has 1 aromatic heterocycles. The van der Waals surface area contributed by atoms with Gasteiger partial charge in [0.1, 0.15) is 0 Å². The number of hydrogen-bond donors (Lipinski definition) is 1. The molecule has 3 aliphatic heterocycles. The van der Waals surface area contributed by atoms with Crippen molar-refractivity contribution >= 4 is 11.6 Å². The normalized spacial score (nSPS) is 20.4. The van der Waals surface area contributed by atoms with Crippen molar-refractivity contribution in [1.82, 2.24) is 15.1 Å². The minimum absolute atomic E-state index is 0.129. The first-order chi connectivity index (χ1) is 16.3. The summed E-state index contributed by atoms with van der Waals surface area (Å²) < 4.78 is 53.6. The van der Waals surface area contributed by atoms with Crippen LogP contribution in [0.4, 0.5) is 18.9 Å². The molecule has 0 aliphatic carbocycles. The van der Waals surface area contributed by atoms with Crippen molar-refractivity contribution in [1.29, 1.82) is 0 Å². The van der Waals surface area contributed by atoms with Gasteiger partial charge in [-0.3, -0.25) is 4.79 Å². The van der Waals surface area contributed by atoms with Crippen molar-refractivity contribution in [2.24, 2.45) is 0 Å². The highest BCUT2D eigenvalue weighted by Gasteiger charge is 2.45. The summed E-state index contributed by atoms with van der Waals surface area (Å²) in [5, 5.41) is 7.26. The Morgan fingerprint density at radius 2 is 1.97 bits per heavy atom. The number of hydrogen-bond acceptors (Lipinski definition) is 5. The van der Waals surface area contributed by atoms with Crippen molar-refractivity contribution in [3.05, 3.63) is 65.0 Å². The molecule has 3 aliphatic rings. The van der Waals surface area contributed by atoms with Crippen LogP contribution in [-0.4, -0.2) is 35.6 Å². The molecule has 2 bridgehead atoms. The number of alkyl halides is 3. The zero-order valence-corrected chi connectivity index (χ0v) is 18.2. The molecule has 1 N–H and O–H groups in total. The monoisotopic (exact) mass is 470 g/mol. The number of nitrogens with one attached hydrogen (secondary N) is 1. The van der Waals surface area contributed by atoms with E-state index in [1.54, 1.807) is 49.5 Å². The lowest BCUT2D eigenvalue weighted by Crippen LogP contribution is -2.33. The highest BCUT2D eigenvalue weighted by Crippen LogP contribution is 2.44. The van der Waals surface area contributed by atoms with E-state index in [-0.39, 0.29) is 30.3 Å². The van der Waals surface area contributed by atoms with Crippen molar-refractivity contribution < 1.29 is 27.4 Å². The van der Waals surface area contributed by atoms with E-state index in [0.29, 0.717) is 47.0 Å². The third-order valence-electron chi connectivity index (χ3n) is 6.70. The summed E-state index contributed by atoms with van der Waals surface area (Å²) in [4.78, 5) is 14.7. The van der Waals surface area contributed by atoms with Crippen LogP contribution in [0.5, 0.6) is 11.5 Å². The van der Waals surface area contributed by atoms with Crippen molar-refractivity contribution in [3.63, 3.8) is 0 Å². The van der Waals surface area contributed by atoms with Crippen molar-refractivity contribution in [2.45, 2.75) is 37.5 Å². The van der Waals surface area contributed by atoms with Crippen LogP contribution in [0.25, 0.3) is 5.69 Å². The lowest BCUT2D eigenvalue weighted by molar-refractivity contribution is -0.142. The van der Waals surface area contributed by atoms with Crippen molar-refractivity contribution in [2.75, 3.05) is 18.7 Å². The standard InChI is InChI=1S/C24H21F3N4O3/c1-30(15-6-8-19-20(11-15)34-12-33-19)23(32)13-3-2-4-16(9-13)31-18-10-14-5-7-17(28-14)21(18)22(29-31)24(25,26)27/h2-4,6,8-9,11,14,17,28H,5,7,10,12H2,1H3/t14-,17+/m0/s1. The van der Waals surface area contributed by atoms with Gasteiger partial charge in [0.15, 0.2) is 17.2 Å². The molecule has 2 aromatic carbocycles. The summed E-state index contributed by atoms with van der Waals surface area (Å²) >= 11 is 0. The van der Waals surface area contributed by atoms with E-state index in [1.807, 2.05) is 0 Å². The number of rotatable bonds is 3. The molecule has 2 atom stereocenters. The summed E-state index contributed by atoms with van der Waals surface area (Å²) in [5.41, 5.74) is 1.32. The summed E-state index contributed by atoms with van der Waals surface area (Å²) in [7, 11) is 1.63. The minimum atomic E-state index is -4.56. The summed E-state index contributed by atoms with van der Waals surface area (Å²) in [6.07, 6.45) is -2.61. The first-order valence-electron chi connectivity index (χ1n) is 11.0. The maximum atomic E-state index is 13.8. The maximum Gasteiger partial charge on any atom is 0.435 e. The Bertz CT molecular complexity index is 1300. The molecule has 0 spiro atoms. The molecule has 10 heteroatoms. The number of carbonyl (C=O) groups excluding carboxylic acids is 1. The average Bonchev–Trinajstić information content (AvgIpc) is 3.55. The van der Waals surface area contributed by atoms with Gasteiger partial charge in [-0.15, -0.1) is 0 Å². The van der Waals surface area contributed by atoms with Gasteiger partial charge in [-0.25, -0.2) is 4.68 Å². The van der Waals surface area contributed by atoms with E-state index >= 15 is 0 Å². The van der Waals surface area contributed by atoms with Gasteiger partial charge in [0.05, 0.1) is 11.4 Å². The van der Waals surface area contributed by atoms with Crippen LogP contribution in [0.1, 0.15) is 46.2 Å². The Morgan fingerprint density at radius 1 is 1.15 bits per heavy atom. The fraction of sp³-hybridized carbons (Fsp3) is 0.333. The number of benzene rings is 2. The quantitative estimate of drug-likeness (QED) is 0.620. The van der Waals surface area contributed by atoms with Gasteiger partial charge in [0.2, 0.25) is 6.79 Å². The van der Waals surface area contributed by atoms with Crippen LogP contribution in [0.2, 0.25) is 0 Å². The molecule has 176 valence electrons. The van der Waals surface area contributed by atoms with E-state index in [4.69, 9.17) is 9.47 Å². The smallest absolute Gasteiger partial charge is 0.435 e. The fourth-order valence-electron chi connectivity index (χ4n) is 5.07. The fourth-order valence-corrected chi connectivity index (χ4v) is 5.07. The molecular weight excluding hydrogens is 449 g/mol. The summed E-state index contributed by atoms with van der Waals surface area (Å²) in [6, 6.07) is 11.5. The van der Waals surface area contributed by atoms with Gasteiger partial charge in [-0.05, 0) is 43.2 Å². The van der Waals surface area contributed by atoms with Gasteiger partial charge in [-0.1, -0.05) is 6.07 Å². The number of halogens is 3. The molecule has 0 radical (unpaired) electrons. The van der Waals surface area contributed by atoms with E-state index in [2.05, 4.69) is 10.4 Å². The lowest BCUT2D eigenvalue weighted by Gasteiger charge is -2.23. The summed E-state index contributed by atoms with van der Waals surface area (Å²) in [5.74, 6) is 0.857. The highest BCUT2D eigenvalue weighted by atomic mass is 19.4. The van der Waals surface area contributed by atoms with Crippen molar-refractivity contribution in [3.8, 4) is 17.2 Å². The largest absolute Gasteiger partial charge is 0.454 e. The number of aromatic nitrogens is 2. The van der Waals surface area contributed by atoms with E-state index < -0.39 is 11.9 Å². The number of ether oxygens (including phenoxy) is 2. The number of anilines is 1. The molecular formula is C24H21F3N4O3. The molecule has 1 fully saturated rings. The number of fused-ring (bicyclic) bond motifs is 5. The Hall–Kier alpha value is -3.53. The second kappa shape index (κ2) is 7.49. The van der Waals surface area contributed by atoms with Crippen LogP contribution in [0.3, 0.4) is 0 Å². The van der Waals surface area contributed by atoms with Crippen LogP contribution in [0.15, 0.2) is 42.5 Å². The molecule has 0 unspecified atom stereocenters. The minimum Gasteiger partial charge on any atom is -0.454 e. The van der Waals surface area contributed by atoms with Gasteiger partial charge in [0, 0.05) is 48.4 Å². The van der Waals surface area contributed by atoms with Gasteiger partial charge in [0.25, 0.3) is 5.91 Å². The molecule has 6 rings (SSSR count). The lowest BCUT2D eigenvalue weighted by atomic mass is 9.99. The number of nitrogens with zero attached hydrogens (tertiary/aromatic N) is 3. The second-order valence-electron chi connectivity index (χ2n) is 8.77. The van der Waals surface area contributed by atoms with Crippen LogP contribution < -0.4 is 19.7 Å². The zero-order valence-electron chi connectivity index (χ0n) is 18.2. The predicted octanol–water partition coefficient (Wildman–Crippen LogP) is 4.25. The molecule has 34 heavy (non-hydrogen) atoms. The summed E-state index contributed by atoms with van der Waals surface area (Å²) in [6.45, 7) is 0.129. The van der Waals surface area contributed by atoms with Gasteiger partial charge < -0.3 is 19.7 Å². The predicted molar refractivity (Wildman–Crippen MR) is 116 cm³/mol. The first-order valence-corrected chi connectivity index (χ1v) is 11.0. The van der Waals surface area contributed by atoms with Crippen LogP contribution >= 0.6 is 0 Å². The van der Waals surface area contributed by atoms with Crippen LogP contribution in [-0.2, 0) is 12.6 Å². The number of amides is 1. The molecule has 1 saturated heterocycles. The van der Waals surface area contributed by atoms with Gasteiger partial charge in [-0.2, -0.15) is 18.3 Å². The second-order valence-corrected chi connectivity index (χ2v) is 8.77. The topological polar surface area (TPSA) is 68.6 Å². The third-order valence-corrected chi connectivity index (χ3v) is 6.70.